The Hall–Kier alpha value is -0.690. The summed E-state index contributed by atoms with van der Waals surface area (Å²) in [5.41, 5.74) is 0.263. The van der Waals surface area contributed by atoms with E-state index in [1.807, 2.05) is 6.20 Å². The van der Waals surface area contributed by atoms with Crippen LogP contribution < -0.4 is 4.90 Å². The van der Waals surface area contributed by atoms with Crippen LogP contribution in [-0.4, -0.2) is 68.5 Å². The number of ether oxygens (including phenoxy) is 2. The van der Waals surface area contributed by atoms with E-state index in [1.165, 1.54) is 38.8 Å². The van der Waals surface area contributed by atoms with Crippen LogP contribution in [0.25, 0.3) is 0 Å². The molecule has 0 saturated carbocycles. The lowest BCUT2D eigenvalue weighted by Crippen LogP contribution is -2.54. The Balaban J connectivity index is 1.48. The summed E-state index contributed by atoms with van der Waals surface area (Å²) in [4.78, 5) is 9.70. The van der Waals surface area contributed by atoms with Crippen LogP contribution in [0.1, 0.15) is 25.7 Å². The monoisotopic (exact) mass is 337 g/mol. The van der Waals surface area contributed by atoms with E-state index < -0.39 is 0 Å². The Morgan fingerprint density at radius 2 is 2.04 bits per heavy atom. The largest absolute Gasteiger partial charge is 0.381 e. The highest BCUT2D eigenvalue weighted by molar-refractivity contribution is 7.13. The molecule has 0 radical (unpaired) electrons. The molecule has 3 saturated heterocycles. The Bertz CT molecular complexity index is 492. The third-order valence-electron chi connectivity index (χ3n) is 5.53. The predicted molar refractivity (Wildman–Crippen MR) is 92.2 cm³/mol. The van der Waals surface area contributed by atoms with Crippen LogP contribution in [0.2, 0.25) is 0 Å². The average molecular weight is 337 g/mol. The first kappa shape index (κ1) is 15.8. The Kier molecular flexibility index (Phi) is 4.85. The first-order chi connectivity index (χ1) is 11.3. The fraction of sp³-hybridized carbons (Fsp3) is 0.824. The molecule has 0 aromatic carbocycles. The lowest BCUT2D eigenvalue weighted by Gasteiger charge is -2.47. The van der Waals surface area contributed by atoms with Crippen molar-refractivity contribution in [1.82, 2.24) is 9.88 Å². The topological polar surface area (TPSA) is 37.8 Å². The lowest BCUT2D eigenvalue weighted by molar-refractivity contribution is -0.0283. The molecule has 1 spiro atoms. The number of hydrogen-bond donors (Lipinski definition) is 0. The quantitative estimate of drug-likeness (QED) is 0.827. The van der Waals surface area contributed by atoms with E-state index in [1.54, 1.807) is 11.3 Å². The molecular formula is C17H27N3O2S. The molecule has 1 atom stereocenters. The van der Waals surface area contributed by atoms with Gasteiger partial charge in [-0.3, -0.25) is 4.90 Å². The number of piperidine rings is 1. The van der Waals surface area contributed by atoms with Crippen molar-refractivity contribution in [3.63, 3.8) is 0 Å². The maximum absolute atomic E-state index is 6.04. The van der Waals surface area contributed by atoms with E-state index in [9.17, 15) is 0 Å². The van der Waals surface area contributed by atoms with Gasteiger partial charge in [0.15, 0.2) is 5.13 Å². The molecule has 3 aliphatic heterocycles. The van der Waals surface area contributed by atoms with Crippen molar-refractivity contribution < 1.29 is 9.47 Å². The van der Waals surface area contributed by atoms with Gasteiger partial charge in [0.1, 0.15) is 0 Å². The van der Waals surface area contributed by atoms with E-state index >= 15 is 0 Å². The van der Waals surface area contributed by atoms with Gasteiger partial charge in [0, 0.05) is 55.9 Å². The molecule has 5 nitrogen and oxygen atoms in total. The van der Waals surface area contributed by atoms with E-state index in [0.717, 1.165) is 44.6 Å². The second kappa shape index (κ2) is 7.05. The molecule has 23 heavy (non-hydrogen) atoms. The number of aromatic nitrogens is 1. The molecular weight excluding hydrogens is 310 g/mol. The zero-order chi connectivity index (χ0) is 15.5. The summed E-state index contributed by atoms with van der Waals surface area (Å²) in [6.07, 6.45) is 6.84. The second-order valence-electron chi connectivity index (χ2n) is 7.21. The third kappa shape index (κ3) is 3.55. The van der Waals surface area contributed by atoms with Crippen LogP contribution in [-0.2, 0) is 9.47 Å². The zero-order valence-electron chi connectivity index (χ0n) is 13.8. The van der Waals surface area contributed by atoms with Gasteiger partial charge in [-0.2, -0.15) is 0 Å². The summed E-state index contributed by atoms with van der Waals surface area (Å²) >= 11 is 1.74. The Morgan fingerprint density at radius 3 is 2.87 bits per heavy atom. The molecule has 128 valence electrons. The van der Waals surface area contributed by atoms with Crippen LogP contribution >= 0.6 is 11.3 Å². The van der Waals surface area contributed by atoms with Gasteiger partial charge in [0.05, 0.1) is 13.2 Å². The summed E-state index contributed by atoms with van der Waals surface area (Å²) in [5.74, 6) is 0. The van der Waals surface area contributed by atoms with Gasteiger partial charge in [0.25, 0.3) is 0 Å². The van der Waals surface area contributed by atoms with Crippen molar-refractivity contribution in [2.75, 3.05) is 57.5 Å². The second-order valence-corrected chi connectivity index (χ2v) is 8.08. The number of rotatable bonds is 2. The van der Waals surface area contributed by atoms with Crippen LogP contribution in [0.4, 0.5) is 5.13 Å². The molecule has 0 unspecified atom stereocenters. The van der Waals surface area contributed by atoms with Gasteiger partial charge in [-0.05, 0) is 32.2 Å². The maximum Gasteiger partial charge on any atom is 0.185 e. The fourth-order valence-corrected chi connectivity index (χ4v) is 5.05. The normalized spacial score (nSPS) is 31.4. The van der Waals surface area contributed by atoms with Gasteiger partial charge in [0.2, 0.25) is 0 Å². The minimum absolute atomic E-state index is 0.263. The standard InChI is InChI=1S/C17H27N3O2S/c1-4-17(12-19(6-1)15-2-8-21-9-3-15)13-20(7-10-22-14-17)16-18-5-11-23-16/h5,11,15H,1-4,6-10,12-14H2/t17-/m1/s1. The summed E-state index contributed by atoms with van der Waals surface area (Å²) in [6.45, 7) is 8.02. The minimum Gasteiger partial charge on any atom is -0.381 e. The highest BCUT2D eigenvalue weighted by Gasteiger charge is 2.41. The van der Waals surface area contributed by atoms with Crippen molar-refractivity contribution in [3.05, 3.63) is 11.6 Å². The smallest absolute Gasteiger partial charge is 0.185 e. The van der Waals surface area contributed by atoms with Gasteiger partial charge in [-0.15, -0.1) is 11.3 Å². The Labute approximate surface area is 142 Å². The average Bonchev–Trinajstić information content (AvgIpc) is 3.06. The molecule has 6 heteroatoms. The first-order valence-electron chi connectivity index (χ1n) is 8.89. The van der Waals surface area contributed by atoms with Gasteiger partial charge >= 0.3 is 0 Å². The zero-order valence-corrected chi connectivity index (χ0v) is 14.6. The molecule has 0 aliphatic carbocycles. The molecule has 4 rings (SSSR count). The summed E-state index contributed by atoms with van der Waals surface area (Å²) < 4.78 is 11.6. The highest BCUT2D eigenvalue weighted by Crippen LogP contribution is 2.36. The van der Waals surface area contributed by atoms with Crippen molar-refractivity contribution in [3.8, 4) is 0 Å². The van der Waals surface area contributed by atoms with E-state index in [4.69, 9.17) is 9.47 Å². The van der Waals surface area contributed by atoms with Crippen molar-refractivity contribution in [2.45, 2.75) is 31.7 Å². The molecule has 3 aliphatic rings. The minimum atomic E-state index is 0.263. The van der Waals surface area contributed by atoms with Crippen LogP contribution in [0.5, 0.6) is 0 Å². The van der Waals surface area contributed by atoms with Crippen LogP contribution in [0, 0.1) is 5.41 Å². The molecule has 0 amide bonds. The predicted octanol–water partition coefficient (Wildman–Crippen LogP) is 2.24. The molecule has 1 aromatic heterocycles. The van der Waals surface area contributed by atoms with Crippen LogP contribution in [0.15, 0.2) is 11.6 Å². The van der Waals surface area contributed by atoms with E-state index in [-0.39, 0.29) is 5.41 Å². The lowest BCUT2D eigenvalue weighted by atomic mass is 9.79. The highest BCUT2D eigenvalue weighted by atomic mass is 32.1. The number of anilines is 1. The number of likely N-dealkylation sites (tertiary alicyclic amines) is 1. The molecule has 0 bridgehead atoms. The van der Waals surface area contributed by atoms with Crippen molar-refractivity contribution in [2.24, 2.45) is 5.41 Å². The van der Waals surface area contributed by atoms with Crippen LogP contribution in [0.3, 0.4) is 0 Å². The number of nitrogens with zero attached hydrogens (tertiary/aromatic N) is 3. The summed E-state index contributed by atoms with van der Waals surface area (Å²) in [6, 6.07) is 0.706. The van der Waals surface area contributed by atoms with Gasteiger partial charge in [-0.1, -0.05) is 0 Å². The SMILES string of the molecule is c1csc(N2CCOC[C@@]3(CCCN(C4CCOCC4)C3)C2)n1. The number of thiazole rings is 1. The first-order valence-corrected chi connectivity index (χ1v) is 9.77. The Morgan fingerprint density at radius 1 is 1.13 bits per heavy atom. The van der Waals surface area contributed by atoms with Gasteiger partial charge < -0.3 is 14.4 Å². The van der Waals surface area contributed by atoms with Gasteiger partial charge in [-0.25, -0.2) is 4.98 Å². The van der Waals surface area contributed by atoms with Crippen molar-refractivity contribution in [1.29, 1.82) is 0 Å². The summed E-state index contributed by atoms with van der Waals surface area (Å²) in [7, 11) is 0. The maximum atomic E-state index is 6.04. The molecule has 1 aromatic rings. The van der Waals surface area contributed by atoms with E-state index in [2.05, 4.69) is 20.2 Å². The van der Waals surface area contributed by atoms with Crippen molar-refractivity contribution >= 4 is 16.5 Å². The molecule has 4 heterocycles. The third-order valence-corrected chi connectivity index (χ3v) is 6.36. The molecule has 3 fully saturated rings. The molecule has 0 N–H and O–H groups in total. The summed E-state index contributed by atoms with van der Waals surface area (Å²) in [5, 5.41) is 3.22. The number of hydrogen-bond acceptors (Lipinski definition) is 6. The van der Waals surface area contributed by atoms with E-state index in [0.29, 0.717) is 6.04 Å². The fourth-order valence-electron chi connectivity index (χ4n) is 4.38.